The van der Waals surface area contributed by atoms with Crippen LogP contribution in [0.15, 0.2) is 24.3 Å². The Kier molecular flexibility index (Phi) is 4.30. The molecule has 0 heterocycles. The molecule has 25 heavy (non-hydrogen) atoms. The Labute approximate surface area is 149 Å². The molecular formula is C21H28N2O2. The molecule has 0 spiro atoms. The van der Waals surface area contributed by atoms with Gasteiger partial charge in [0.15, 0.2) is 0 Å². The number of hydrogen-bond donors (Lipinski definition) is 2. The van der Waals surface area contributed by atoms with Crippen LogP contribution in [0.25, 0.3) is 0 Å². The van der Waals surface area contributed by atoms with Crippen molar-refractivity contribution in [2.45, 2.75) is 58.3 Å². The van der Waals surface area contributed by atoms with E-state index in [4.69, 9.17) is 0 Å². The third kappa shape index (κ3) is 3.31. The van der Waals surface area contributed by atoms with Crippen LogP contribution in [0.3, 0.4) is 0 Å². The van der Waals surface area contributed by atoms with Gasteiger partial charge in [0.1, 0.15) is 0 Å². The fourth-order valence-electron chi connectivity index (χ4n) is 5.78. The maximum absolute atomic E-state index is 13.1. The van der Waals surface area contributed by atoms with Gasteiger partial charge in [-0.1, -0.05) is 13.0 Å². The van der Waals surface area contributed by atoms with Crippen LogP contribution in [0.4, 0.5) is 11.4 Å². The minimum absolute atomic E-state index is 0.0204. The Morgan fingerprint density at radius 3 is 2.12 bits per heavy atom. The molecule has 0 saturated heterocycles. The Morgan fingerprint density at radius 2 is 1.56 bits per heavy atom. The standard InChI is InChI=1S/C21H28N2O2/c1-2-4-19(24)22-17-5-3-6-18(10-17)23-20(25)21-11-14-7-15(12-21)9-16(8-14)13-21/h3,5-6,10,14-16H,2,4,7-9,11-13H2,1H3,(H,22,24)(H,23,25). The molecule has 2 amide bonds. The van der Waals surface area contributed by atoms with Crippen molar-refractivity contribution in [3.8, 4) is 0 Å². The van der Waals surface area contributed by atoms with E-state index >= 15 is 0 Å². The van der Waals surface area contributed by atoms with Crippen LogP contribution < -0.4 is 10.6 Å². The van der Waals surface area contributed by atoms with Crippen molar-refractivity contribution in [3.63, 3.8) is 0 Å². The minimum atomic E-state index is -0.143. The van der Waals surface area contributed by atoms with Crippen LogP contribution in [0.1, 0.15) is 58.3 Å². The van der Waals surface area contributed by atoms with E-state index < -0.39 is 0 Å². The van der Waals surface area contributed by atoms with E-state index in [1.165, 1.54) is 19.3 Å². The summed E-state index contributed by atoms with van der Waals surface area (Å²) in [6.45, 7) is 1.99. The molecule has 0 aromatic heterocycles. The molecule has 4 heteroatoms. The lowest BCUT2D eigenvalue weighted by atomic mass is 9.49. The molecule has 134 valence electrons. The topological polar surface area (TPSA) is 58.2 Å². The van der Waals surface area contributed by atoms with Gasteiger partial charge in [0, 0.05) is 17.8 Å². The van der Waals surface area contributed by atoms with Gasteiger partial charge < -0.3 is 10.6 Å². The SMILES string of the molecule is CCCC(=O)Nc1cccc(NC(=O)C23CC4CC(CC(C4)C2)C3)c1. The van der Waals surface area contributed by atoms with Gasteiger partial charge in [-0.05, 0) is 80.9 Å². The van der Waals surface area contributed by atoms with Gasteiger partial charge in [0.05, 0.1) is 5.41 Å². The number of amides is 2. The smallest absolute Gasteiger partial charge is 0.230 e. The zero-order valence-electron chi connectivity index (χ0n) is 15.0. The van der Waals surface area contributed by atoms with Crippen LogP contribution in [0.2, 0.25) is 0 Å². The van der Waals surface area contributed by atoms with Gasteiger partial charge in [-0.25, -0.2) is 0 Å². The zero-order chi connectivity index (χ0) is 17.4. The third-order valence-corrected chi connectivity index (χ3v) is 6.40. The predicted octanol–water partition coefficient (Wildman–Crippen LogP) is 4.58. The zero-order valence-corrected chi connectivity index (χ0v) is 15.0. The summed E-state index contributed by atoms with van der Waals surface area (Å²) in [5, 5.41) is 6.06. The first-order chi connectivity index (χ1) is 12.1. The van der Waals surface area contributed by atoms with Crippen LogP contribution >= 0.6 is 0 Å². The molecule has 4 aliphatic carbocycles. The normalized spacial score (nSPS) is 32.4. The van der Waals surface area contributed by atoms with Gasteiger partial charge in [0.2, 0.25) is 11.8 Å². The van der Waals surface area contributed by atoms with E-state index in [0.717, 1.165) is 54.8 Å². The molecule has 0 unspecified atom stereocenters. The maximum atomic E-state index is 13.1. The summed E-state index contributed by atoms with van der Waals surface area (Å²) in [6.07, 6.45) is 8.56. The van der Waals surface area contributed by atoms with E-state index in [-0.39, 0.29) is 17.2 Å². The summed E-state index contributed by atoms with van der Waals surface area (Å²) in [5.74, 6) is 2.50. The Hall–Kier alpha value is -1.84. The van der Waals surface area contributed by atoms with Gasteiger partial charge in [-0.15, -0.1) is 0 Å². The molecule has 4 nitrogen and oxygen atoms in total. The maximum Gasteiger partial charge on any atom is 0.230 e. The molecule has 4 bridgehead atoms. The average molecular weight is 340 g/mol. The van der Waals surface area contributed by atoms with Crippen molar-refractivity contribution in [3.05, 3.63) is 24.3 Å². The molecule has 4 fully saturated rings. The second-order valence-electron chi connectivity index (χ2n) is 8.53. The summed E-state index contributed by atoms with van der Waals surface area (Å²) in [6, 6.07) is 7.53. The van der Waals surface area contributed by atoms with Gasteiger partial charge in [0.25, 0.3) is 0 Å². The first-order valence-electron chi connectivity index (χ1n) is 9.78. The number of carbonyl (C=O) groups excluding carboxylic acids is 2. The highest BCUT2D eigenvalue weighted by atomic mass is 16.2. The third-order valence-electron chi connectivity index (χ3n) is 6.40. The number of anilines is 2. The van der Waals surface area contributed by atoms with Crippen molar-refractivity contribution in [2.75, 3.05) is 10.6 Å². The average Bonchev–Trinajstić information content (AvgIpc) is 2.54. The molecule has 4 saturated carbocycles. The molecular weight excluding hydrogens is 312 g/mol. The Morgan fingerprint density at radius 1 is 1.00 bits per heavy atom. The molecule has 1 aromatic carbocycles. The lowest BCUT2D eigenvalue weighted by Crippen LogP contribution is -2.51. The highest BCUT2D eigenvalue weighted by Crippen LogP contribution is 2.60. The monoisotopic (exact) mass is 340 g/mol. The van der Waals surface area contributed by atoms with Crippen LogP contribution in [0.5, 0.6) is 0 Å². The lowest BCUT2D eigenvalue weighted by molar-refractivity contribution is -0.140. The number of nitrogens with one attached hydrogen (secondary N) is 2. The van der Waals surface area contributed by atoms with Crippen molar-refractivity contribution in [2.24, 2.45) is 23.2 Å². The Bertz CT molecular complexity index is 647. The summed E-state index contributed by atoms with van der Waals surface area (Å²) in [5.41, 5.74) is 1.40. The molecule has 0 aliphatic heterocycles. The quantitative estimate of drug-likeness (QED) is 0.824. The largest absolute Gasteiger partial charge is 0.326 e. The second kappa shape index (κ2) is 6.47. The molecule has 0 atom stereocenters. The van der Waals surface area contributed by atoms with Crippen molar-refractivity contribution in [1.29, 1.82) is 0 Å². The Balaban J connectivity index is 1.45. The van der Waals surface area contributed by atoms with E-state index in [1.54, 1.807) is 0 Å². The van der Waals surface area contributed by atoms with Gasteiger partial charge >= 0.3 is 0 Å². The van der Waals surface area contributed by atoms with Crippen molar-refractivity contribution >= 4 is 23.2 Å². The van der Waals surface area contributed by atoms with Gasteiger partial charge in [-0.3, -0.25) is 9.59 Å². The molecule has 5 rings (SSSR count). The second-order valence-corrected chi connectivity index (χ2v) is 8.53. The fraction of sp³-hybridized carbons (Fsp3) is 0.619. The van der Waals surface area contributed by atoms with E-state index in [1.807, 2.05) is 31.2 Å². The molecule has 2 N–H and O–H groups in total. The number of rotatable bonds is 5. The minimum Gasteiger partial charge on any atom is -0.326 e. The fourth-order valence-corrected chi connectivity index (χ4v) is 5.78. The summed E-state index contributed by atoms with van der Waals surface area (Å²) in [4.78, 5) is 24.9. The van der Waals surface area contributed by atoms with Crippen molar-refractivity contribution < 1.29 is 9.59 Å². The first-order valence-corrected chi connectivity index (χ1v) is 9.78. The number of benzene rings is 1. The van der Waals surface area contributed by atoms with E-state index in [2.05, 4.69) is 10.6 Å². The first kappa shape index (κ1) is 16.6. The predicted molar refractivity (Wildman–Crippen MR) is 99.2 cm³/mol. The number of hydrogen-bond acceptors (Lipinski definition) is 2. The summed E-state index contributed by atoms with van der Waals surface area (Å²) in [7, 11) is 0. The van der Waals surface area contributed by atoms with Gasteiger partial charge in [-0.2, -0.15) is 0 Å². The van der Waals surface area contributed by atoms with E-state index in [0.29, 0.717) is 6.42 Å². The summed E-state index contributed by atoms with van der Waals surface area (Å²) < 4.78 is 0. The molecule has 0 radical (unpaired) electrons. The highest BCUT2D eigenvalue weighted by molar-refractivity contribution is 5.97. The summed E-state index contributed by atoms with van der Waals surface area (Å²) >= 11 is 0. The lowest BCUT2D eigenvalue weighted by Gasteiger charge is -2.55. The van der Waals surface area contributed by atoms with Crippen LogP contribution in [0, 0.1) is 23.2 Å². The van der Waals surface area contributed by atoms with E-state index in [9.17, 15) is 9.59 Å². The van der Waals surface area contributed by atoms with Crippen molar-refractivity contribution in [1.82, 2.24) is 0 Å². The van der Waals surface area contributed by atoms with Crippen LogP contribution in [-0.2, 0) is 9.59 Å². The van der Waals surface area contributed by atoms with Crippen LogP contribution in [-0.4, -0.2) is 11.8 Å². The molecule has 4 aliphatic rings. The highest BCUT2D eigenvalue weighted by Gasteiger charge is 2.54. The molecule has 1 aromatic rings. The number of carbonyl (C=O) groups is 2.